The molecular weight excluding hydrogens is 374 g/mol. The Labute approximate surface area is 170 Å². The van der Waals surface area contributed by atoms with Gasteiger partial charge in [-0.2, -0.15) is 0 Å². The Morgan fingerprint density at radius 2 is 1.66 bits per heavy atom. The first-order chi connectivity index (χ1) is 13.8. The number of aryl methyl sites for hydroxylation is 1. The van der Waals surface area contributed by atoms with Crippen LogP contribution in [0.2, 0.25) is 0 Å². The number of carbonyl (C=O) groups is 3. The number of carbonyl (C=O) groups excluding carboxylic acids is 3. The number of esters is 1. The highest BCUT2D eigenvalue weighted by molar-refractivity contribution is 5.98. The number of Topliss-reactive ketones (excluding diaryl/α,β-unsaturated/α-hetero) is 1. The first-order valence-electron chi connectivity index (χ1n) is 9.16. The third kappa shape index (κ3) is 6.34. The molecule has 0 aliphatic carbocycles. The second kappa shape index (κ2) is 10.3. The maximum Gasteiger partial charge on any atom is 0.307 e. The van der Waals surface area contributed by atoms with Crippen LogP contribution in [0.4, 0.5) is 5.69 Å². The number of benzene rings is 2. The van der Waals surface area contributed by atoms with E-state index in [0.29, 0.717) is 22.7 Å². The summed E-state index contributed by atoms with van der Waals surface area (Å²) in [4.78, 5) is 36.5. The summed E-state index contributed by atoms with van der Waals surface area (Å²) in [5.74, 6) is -0.303. The third-order valence-corrected chi connectivity index (χ3v) is 4.27. The highest BCUT2D eigenvalue weighted by Crippen LogP contribution is 2.29. The van der Waals surface area contributed by atoms with Gasteiger partial charge < -0.3 is 19.5 Å². The van der Waals surface area contributed by atoms with Crippen LogP contribution in [-0.4, -0.2) is 38.0 Å². The number of ether oxygens (including phenoxy) is 3. The second-order valence-corrected chi connectivity index (χ2v) is 6.48. The van der Waals surface area contributed by atoms with E-state index in [0.717, 1.165) is 5.56 Å². The largest absolute Gasteiger partial charge is 0.497 e. The van der Waals surface area contributed by atoms with Crippen molar-refractivity contribution in [2.45, 2.75) is 32.8 Å². The van der Waals surface area contributed by atoms with Crippen LogP contribution in [0, 0.1) is 6.92 Å². The molecule has 0 radical (unpaired) electrons. The Morgan fingerprint density at radius 3 is 2.28 bits per heavy atom. The van der Waals surface area contributed by atoms with Gasteiger partial charge in [0.1, 0.15) is 11.5 Å². The Bertz CT molecular complexity index is 875. The minimum atomic E-state index is -1.03. The van der Waals surface area contributed by atoms with Crippen molar-refractivity contribution in [3.8, 4) is 11.5 Å². The normalized spacial score (nSPS) is 11.3. The molecule has 0 aliphatic heterocycles. The molecule has 0 aromatic heterocycles. The monoisotopic (exact) mass is 399 g/mol. The molecule has 1 amide bonds. The fourth-order valence-electron chi connectivity index (χ4n) is 2.56. The first-order valence-corrected chi connectivity index (χ1v) is 9.16. The van der Waals surface area contributed by atoms with Gasteiger partial charge >= 0.3 is 5.97 Å². The maximum absolute atomic E-state index is 12.4. The number of hydrogen-bond donors (Lipinski definition) is 1. The van der Waals surface area contributed by atoms with Crippen LogP contribution < -0.4 is 14.8 Å². The van der Waals surface area contributed by atoms with E-state index in [1.165, 1.54) is 21.1 Å². The Kier molecular flexibility index (Phi) is 7.77. The minimum absolute atomic E-state index is 0.0138. The average Bonchev–Trinajstić information content (AvgIpc) is 2.72. The first kappa shape index (κ1) is 21.9. The number of hydrogen-bond acceptors (Lipinski definition) is 6. The number of amides is 1. The molecule has 2 rings (SSSR count). The lowest BCUT2D eigenvalue weighted by molar-refractivity contribution is -0.153. The summed E-state index contributed by atoms with van der Waals surface area (Å²) in [6.45, 7) is 3.39. The molecule has 7 heteroatoms. The van der Waals surface area contributed by atoms with Crippen molar-refractivity contribution in [3.05, 3.63) is 53.6 Å². The smallest absolute Gasteiger partial charge is 0.307 e. The molecular formula is C22H25NO6. The Balaban J connectivity index is 1.88. The zero-order chi connectivity index (χ0) is 21.4. The second-order valence-electron chi connectivity index (χ2n) is 6.48. The van der Waals surface area contributed by atoms with Crippen molar-refractivity contribution in [1.29, 1.82) is 0 Å². The van der Waals surface area contributed by atoms with Gasteiger partial charge in [0.15, 0.2) is 11.9 Å². The van der Waals surface area contributed by atoms with Crippen LogP contribution in [0.15, 0.2) is 42.5 Å². The van der Waals surface area contributed by atoms with Crippen LogP contribution in [-0.2, 0) is 14.3 Å². The number of methoxy groups -OCH3 is 2. The van der Waals surface area contributed by atoms with Crippen molar-refractivity contribution < 1.29 is 28.6 Å². The van der Waals surface area contributed by atoms with Crippen LogP contribution in [0.3, 0.4) is 0 Å². The highest BCUT2D eigenvalue weighted by Gasteiger charge is 2.20. The summed E-state index contributed by atoms with van der Waals surface area (Å²) >= 11 is 0. The number of anilines is 1. The Morgan fingerprint density at radius 1 is 0.966 bits per heavy atom. The molecule has 154 valence electrons. The van der Waals surface area contributed by atoms with E-state index in [-0.39, 0.29) is 18.6 Å². The number of rotatable bonds is 9. The van der Waals surface area contributed by atoms with Gasteiger partial charge in [0.05, 0.1) is 26.3 Å². The average molecular weight is 399 g/mol. The summed E-state index contributed by atoms with van der Waals surface area (Å²) in [6.07, 6.45) is -1.12. The summed E-state index contributed by atoms with van der Waals surface area (Å²) in [5, 5.41) is 2.65. The molecule has 1 unspecified atom stereocenters. The summed E-state index contributed by atoms with van der Waals surface area (Å²) in [5.41, 5.74) is 1.99. The zero-order valence-electron chi connectivity index (χ0n) is 17.0. The van der Waals surface area contributed by atoms with Gasteiger partial charge in [-0.15, -0.1) is 0 Å². The molecule has 7 nitrogen and oxygen atoms in total. The van der Waals surface area contributed by atoms with Crippen molar-refractivity contribution in [2.24, 2.45) is 0 Å². The molecule has 0 aliphatic rings. The lowest BCUT2D eigenvalue weighted by Gasteiger charge is -2.16. The molecule has 1 atom stereocenters. The molecule has 29 heavy (non-hydrogen) atoms. The minimum Gasteiger partial charge on any atom is -0.497 e. The van der Waals surface area contributed by atoms with Gasteiger partial charge in [-0.05, 0) is 26.0 Å². The van der Waals surface area contributed by atoms with Crippen molar-refractivity contribution in [1.82, 2.24) is 0 Å². The number of nitrogens with one attached hydrogen (secondary N) is 1. The van der Waals surface area contributed by atoms with Crippen LogP contribution >= 0.6 is 0 Å². The van der Waals surface area contributed by atoms with Crippen molar-refractivity contribution in [3.63, 3.8) is 0 Å². The Hall–Kier alpha value is -3.35. The SMILES string of the molecule is COc1ccc(OC)c(NC(=O)C(C)OC(=O)CCC(=O)c2ccc(C)cc2)c1. The topological polar surface area (TPSA) is 90.9 Å². The fraction of sp³-hybridized carbons (Fsp3) is 0.318. The highest BCUT2D eigenvalue weighted by atomic mass is 16.5. The molecule has 2 aromatic carbocycles. The predicted octanol–water partition coefficient (Wildman–Crippen LogP) is 3.55. The summed E-state index contributed by atoms with van der Waals surface area (Å²) in [7, 11) is 2.99. The molecule has 1 N–H and O–H groups in total. The van der Waals surface area contributed by atoms with Crippen LogP contribution in [0.5, 0.6) is 11.5 Å². The standard InChI is InChI=1S/C22H25NO6/c1-14-5-7-16(8-6-14)19(24)10-12-21(25)29-15(2)22(26)23-18-13-17(27-3)9-11-20(18)28-4/h5-9,11,13,15H,10,12H2,1-4H3,(H,23,26). The molecule has 0 saturated heterocycles. The third-order valence-electron chi connectivity index (χ3n) is 4.27. The quantitative estimate of drug-likeness (QED) is 0.512. The van der Waals surface area contributed by atoms with Gasteiger partial charge in [-0.25, -0.2) is 0 Å². The molecule has 2 aromatic rings. The molecule has 0 spiro atoms. The van der Waals surface area contributed by atoms with E-state index in [9.17, 15) is 14.4 Å². The van der Waals surface area contributed by atoms with Crippen molar-refractivity contribution >= 4 is 23.3 Å². The molecule has 0 heterocycles. The molecule has 0 fully saturated rings. The van der Waals surface area contributed by atoms with E-state index in [2.05, 4.69) is 5.32 Å². The summed E-state index contributed by atoms with van der Waals surface area (Å²) < 4.78 is 15.5. The van der Waals surface area contributed by atoms with E-state index in [1.807, 2.05) is 19.1 Å². The van der Waals surface area contributed by atoms with E-state index >= 15 is 0 Å². The van der Waals surface area contributed by atoms with E-state index < -0.39 is 18.0 Å². The van der Waals surface area contributed by atoms with Gasteiger partial charge in [0.25, 0.3) is 5.91 Å². The lowest BCUT2D eigenvalue weighted by Crippen LogP contribution is -2.30. The molecule has 0 saturated carbocycles. The van der Waals surface area contributed by atoms with Gasteiger partial charge in [-0.1, -0.05) is 29.8 Å². The predicted molar refractivity (Wildman–Crippen MR) is 108 cm³/mol. The van der Waals surface area contributed by atoms with Crippen LogP contribution in [0.25, 0.3) is 0 Å². The lowest BCUT2D eigenvalue weighted by atomic mass is 10.1. The van der Waals surface area contributed by atoms with E-state index in [4.69, 9.17) is 14.2 Å². The number of ketones is 1. The fourth-order valence-corrected chi connectivity index (χ4v) is 2.56. The summed E-state index contributed by atoms with van der Waals surface area (Å²) in [6, 6.07) is 12.1. The zero-order valence-corrected chi connectivity index (χ0v) is 17.0. The van der Waals surface area contributed by atoms with Gasteiger partial charge in [0, 0.05) is 18.1 Å². The van der Waals surface area contributed by atoms with Gasteiger partial charge in [-0.3, -0.25) is 14.4 Å². The van der Waals surface area contributed by atoms with E-state index in [1.54, 1.807) is 30.3 Å². The van der Waals surface area contributed by atoms with Crippen molar-refractivity contribution in [2.75, 3.05) is 19.5 Å². The maximum atomic E-state index is 12.4. The molecule has 0 bridgehead atoms. The van der Waals surface area contributed by atoms with Crippen LogP contribution in [0.1, 0.15) is 35.7 Å². The van der Waals surface area contributed by atoms with Gasteiger partial charge in [0.2, 0.25) is 0 Å².